The van der Waals surface area contributed by atoms with Crippen LogP contribution in [0.1, 0.15) is 50.2 Å². The molecular formula is C16H25N. The Morgan fingerprint density at radius 2 is 2.24 bits per heavy atom. The van der Waals surface area contributed by atoms with Crippen LogP contribution in [0.3, 0.4) is 0 Å². The van der Waals surface area contributed by atoms with Crippen LogP contribution in [0.25, 0.3) is 0 Å². The van der Waals surface area contributed by atoms with Crippen LogP contribution in [0.15, 0.2) is 24.3 Å². The Morgan fingerprint density at radius 3 is 2.94 bits per heavy atom. The predicted octanol–water partition coefficient (Wildman–Crippen LogP) is 3.84. The summed E-state index contributed by atoms with van der Waals surface area (Å²) in [5.41, 5.74) is 9.40. The predicted molar refractivity (Wildman–Crippen MR) is 74.1 cm³/mol. The van der Waals surface area contributed by atoms with Gasteiger partial charge in [-0.15, -0.1) is 0 Å². The van der Waals surface area contributed by atoms with Crippen molar-refractivity contribution < 1.29 is 0 Å². The summed E-state index contributed by atoms with van der Waals surface area (Å²) in [5, 5.41) is 0. The van der Waals surface area contributed by atoms with E-state index in [0.29, 0.717) is 0 Å². The third-order valence-corrected chi connectivity index (χ3v) is 4.20. The monoisotopic (exact) mass is 231 g/mol. The van der Waals surface area contributed by atoms with Gasteiger partial charge < -0.3 is 5.73 Å². The van der Waals surface area contributed by atoms with Crippen LogP contribution in [0, 0.1) is 12.8 Å². The molecule has 2 unspecified atom stereocenters. The second-order valence-corrected chi connectivity index (χ2v) is 5.90. The van der Waals surface area contributed by atoms with E-state index in [1.807, 2.05) is 0 Å². The fourth-order valence-electron chi connectivity index (χ4n) is 3.26. The van der Waals surface area contributed by atoms with Gasteiger partial charge in [0.25, 0.3) is 0 Å². The molecule has 0 spiro atoms. The molecule has 0 amide bonds. The molecule has 1 aliphatic carbocycles. The highest BCUT2D eigenvalue weighted by Gasteiger charge is 2.31. The van der Waals surface area contributed by atoms with Gasteiger partial charge in [-0.2, -0.15) is 0 Å². The quantitative estimate of drug-likeness (QED) is 0.840. The highest BCUT2D eigenvalue weighted by atomic mass is 14.7. The molecule has 1 aromatic rings. The van der Waals surface area contributed by atoms with Gasteiger partial charge >= 0.3 is 0 Å². The standard InChI is InChI=1S/C16H25N/c1-3-14-8-5-9-16(17,11-14)12-15-7-4-6-13(2)10-15/h4,6-7,10,14H,3,5,8-9,11-12,17H2,1-2H3. The molecule has 2 atom stereocenters. The first-order chi connectivity index (χ1) is 8.11. The topological polar surface area (TPSA) is 26.0 Å². The first kappa shape index (κ1) is 12.6. The van der Waals surface area contributed by atoms with Crippen LogP contribution in [0.5, 0.6) is 0 Å². The Balaban J connectivity index is 2.06. The average Bonchev–Trinajstić information content (AvgIpc) is 2.28. The number of benzene rings is 1. The molecular weight excluding hydrogens is 206 g/mol. The summed E-state index contributed by atoms with van der Waals surface area (Å²) in [6.07, 6.45) is 7.41. The van der Waals surface area contributed by atoms with Gasteiger partial charge in [-0.3, -0.25) is 0 Å². The Morgan fingerprint density at radius 1 is 1.41 bits per heavy atom. The maximum absolute atomic E-state index is 6.61. The molecule has 1 aromatic carbocycles. The normalized spacial score (nSPS) is 29.2. The summed E-state index contributed by atoms with van der Waals surface area (Å²) in [4.78, 5) is 0. The lowest BCUT2D eigenvalue weighted by Crippen LogP contribution is -2.46. The highest BCUT2D eigenvalue weighted by molar-refractivity contribution is 5.24. The van der Waals surface area contributed by atoms with E-state index in [2.05, 4.69) is 38.1 Å². The van der Waals surface area contributed by atoms with Crippen molar-refractivity contribution >= 4 is 0 Å². The Kier molecular flexibility index (Phi) is 3.88. The largest absolute Gasteiger partial charge is 0.325 e. The lowest BCUT2D eigenvalue weighted by Gasteiger charge is -2.38. The summed E-state index contributed by atoms with van der Waals surface area (Å²) in [7, 11) is 0. The number of hydrogen-bond acceptors (Lipinski definition) is 1. The molecule has 0 radical (unpaired) electrons. The number of aryl methyl sites for hydroxylation is 1. The molecule has 17 heavy (non-hydrogen) atoms. The molecule has 1 aliphatic rings. The van der Waals surface area contributed by atoms with Gasteiger partial charge in [-0.1, -0.05) is 56.0 Å². The molecule has 0 saturated heterocycles. The van der Waals surface area contributed by atoms with Crippen molar-refractivity contribution in [1.29, 1.82) is 0 Å². The first-order valence-corrected chi connectivity index (χ1v) is 6.96. The summed E-state index contributed by atoms with van der Waals surface area (Å²) in [6.45, 7) is 4.45. The van der Waals surface area contributed by atoms with E-state index in [0.717, 1.165) is 12.3 Å². The second kappa shape index (κ2) is 5.22. The zero-order valence-corrected chi connectivity index (χ0v) is 11.2. The van der Waals surface area contributed by atoms with E-state index >= 15 is 0 Å². The molecule has 0 aromatic heterocycles. The van der Waals surface area contributed by atoms with E-state index < -0.39 is 0 Å². The van der Waals surface area contributed by atoms with Crippen LogP contribution in [-0.2, 0) is 6.42 Å². The molecule has 2 N–H and O–H groups in total. The van der Waals surface area contributed by atoms with Crippen molar-refractivity contribution in [1.82, 2.24) is 0 Å². The van der Waals surface area contributed by atoms with Crippen molar-refractivity contribution in [3.05, 3.63) is 35.4 Å². The second-order valence-electron chi connectivity index (χ2n) is 5.90. The van der Waals surface area contributed by atoms with Crippen LogP contribution < -0.4 is 5.73 Å². The molecule has 1 nitrogen and oxygen atoms in total. The Hall–Kier alpha value is -0.820. The number of rotatable bonds is 3. The van der Waals surface area contributed by atoms with Gasteiger partial charge in [0.05, 0.1) is 0 Å². The van der Waals surface area contributed by atoms with E-state index in [9.17, 15) is 0 Å². The maximum atomic E-state index is 6.61. The van der Waals surface area contributed by atoms with E-state index in [-0.39, 0.29) is 5.54 Å². The SMILES string of the molecule is CCC1CCCC(N)(Cc2cccc(C)c2)C1. The fourth-order valence-corrected chi connectivity index (χ4v) is 3.26. The van der Waals surface area contributed by atoms with Crippen LogP contribution in [-0.4, -0.2) is 5.54 Å². The lowest BCUT2D eigenvalue weighted by atomic mass is 9.72. The third-order valence-electron chi connectivity index (χ3n) is 4.20. The van der Waals surface area contributed by atoms with Gasteiger partial charge in [0, 0.05) is 5.54 Å². The van der Waals surface area contributed by atoms with Crippen molar-refractivity contribution in [2.75, 3.05) is 0 Å². The average molecular weight is 231 g/mol. The fraction of sp³-hybridized carbons (Fsp3) is 0.625. The lowest BCUT2D eigenvalue weighted by molar-refractivity contribution is 0.218. The molecule has 2 rings (SSSR count). The van der Waals surface area contributed by atoms with E-state index in [1.54, 1.807) is 0 Å². The molecule has 1 fully saturated rings. The van der Waals surface area contributed by atoms with Gasteiger partial charge in [0.15, 0.2) is 0 Å². The molecule has 1 saturated carbocycles. The Labute approximate surface area is 105 Å². The maximum Gasteiger partial charge on any atom is 0.0197 e. The Bertz CT molecular complexity index is 372. The summed E-state index contributed by atoms with van der Waals surface area (Å²) in [5.74, 6) is 0.846. The molecule has 1 heteroatoms. The molecule has 0 bridgehead atoms. The van der Waals surface area contributed by atoms with Gasteiger partial charge in [-0.25, -0.2) is 0 Å². The zero-order chi connectivity index (χ0) is 12.3. The minimum absolute atomic E-state index is 0.0483. The van der Waals surface area contributed by atoms with Gasteiger partial charge in [0.1, 0.15) is 0 Å². The first-order valence-electron chi connectivity index (χ1n) is 6.96. The van der Waals surface area contributed by atoms with Gasteiger partial charge in [0.2, 0.25) is 0 Å². The van der Waals surface area contributed by atoms with Crippen LogP contribution in [0.4, 0.5) is 0 Å². The smallest absolute Gasteiger partial charge is 0.0197 e. The third kappa shape index (κ3) is 3.32. The minimum atomic E-state index is 0.0483. The van der Waals surface area contributed by atoms with E-state index in [1.165, 1.54) is 43.2 Å². The van der Waals surface area contributed by atoms with Crippen molar-refractivity contribution in [2.45, 2.75) is 57.9 Å². The van der Waals surface area contributed by atoms with Crippen LogP contribution >= 0.6 is 0 Å². The summed E-state index contributed by atoms with van der Waals surface area (Å²) in [6, 6.07) is 8.80. The van der Waals surface area contributed by atoms with Crippen molar-refractivity contribution in [3.8, 4) is 0 Å². The summed E-state index contributed by atoms with van der Waals surface area (Å²) < 4.78 is 0. The van der Waals surface area contributed by atoms with E-state index in [4.69, 9.17) is 5.73 Å². The van der Waals surface area contributed by atoms with Crippen molar-refractivity contribution in [2.24, 2.45) is 11.7 Å². The highest BCUT2D eigenvalue weighted by Crippen LogP contribution is 2.34. The molecule has 0 aliphatic heterocycles. The number of nitrogens with two attached hydrogens (primary N) is 1. The van der Waals surface area contributed by atoms with Gasteiger partial charge in [-0.05, 0) is 37.7 Å². The molecule has 0 heterocycles. The van der Waals surface area contributed by atoms with Crippen molar-refractivity contribution in [3.63, 3.8) is 0 Å². The molecule has 94 valence electrons. The van der Waals surface area contributed by atoms with Crippen LogP contribution in [0.2, 0.25) is 0 Å². The minimum Gasteiger partial charge on any atom is -0.325 e. The zero-order valence-electron chi connectivity index (χ0n) is 11.2. The summed E-state index contributed by atoms with van der Waals surface area (Å²) >= 11 is 0. The number of hydrogen-bond donors (Lipinski definition) is 1.